The van der Waals surface area contributed by atoms with Gasteiger partial charge in [-0.25, -0.2) is 4.79 Å². The lowest BCUT2D eigenvalue weighted by molar-refractivity contribution is 0.0753. The quantitative estimate of drug-likeness (QED) is 0.924. The van der Waals surface area contributed by atoms with Crippen LogP contribution in [-0.2, 0) is 7.05 Å². The second-order valence-electron chi connectivity index (χ2n) is 5.10. The molecule has 0 aliphatic rings. The Kier molecular flexibility index (Phi) is 4.13. The highest BCUT2D eigenvalue weighted by Crippen LogP contribution is 2.14. The van der Waals surface area contributed by atoms with Crippen molar-refractivity contribution < 1.29 is 4.79 Å². The lowest BCUT2D eigenvalue weighted by atomic mass is 10.1. The average molecular weight is 286 g/mol. The van der Waals surface area contributed by atoms with E-state index in [1.807, 2.05) is 6.92 Å². The summed E-state index contributed by atoms with van der Waals surface area (Å²) in [7, 11) is 1.68. The van der Waals surface area contributed by atoms with Crippen molar-refractivity contribution in [3.63, 3.8) is 0 Å². The molecule has 1 amide bonds. The molecule has 0 fully saturated rings. The van der Waals surface area contributed by atoms with Crippen molar-refractivity contribution in [3.8, 4) is 6.07 Å². The van der Waals surface area contributed by atoms with Gasteiger partial charge in [0.15, 0.2) is 0 Å². The van der Waals surface area contributed by atoms with Gasteiger partial charge in [-0.2, -0.15) is 5.26 Å². The third-order valence-electron chi connectivity index (χ3n) is 3.53. The first-order valence-corrected chi connectivity index (χ1v) is 6.85. The number of nitrogens with one attached hydrogen (secondary N) is 1. The van der Waals surface area contributed by atoms with Crippen molar-refractivity contribution >= 4 is 16.9 Å². The minimum Gasteiger partial charge on any atom is -0.338 e. The number of carbonyl (C=O) groups is 1. The fraction of sp³-hybridized carbons (Fsp3) is 0.400. The van der Waals surface area contributed by atoms with Crippen LogP contribution >= 0.6 is 0 Å². The van der Waals surface area contributed by atoms with Crippen LogP contribution in [0.2, 0.25) is 0 Å². The van der Waals surface area contributed by atoms with Gasteiger partial charge in [-0.3, -0.25) is 9.36 Å². The van der Waals surface area contributed by atoms with Gasteiger partial charge in [-0.1, -0.05) is 0 Å². The van der Waals surface area contributed by atoms with Crippen LogP contribution in [0, 0.1) is 17.2 Å². The number of hydrogen-bond acceptors (Lipinski definition) is 3. The molecule has 1 atom stereocenters. The summed E-state index contributed by atoms with van der Waals surface area (Å²) in [5.41, 5.74) is 1.69. The first-order valence-electron chi connectivity index (χ1n) is 6.85. The smallest absolute Gasteiger partial charge is 0.326 e. The minimum absolute atomic E-state index is 0.133. The van der Waals surface area contributed by atoms with Gasteiger partial charge in [-0.15, -0.1) is 0 Å². The minimum atomic E-state index is -0.214. The molecule has 21 heavy (non-hydrogen) atoms. The van der Waals surface area contributed by atoms with Crippen molar-refractivity contribution in [1.29, 1.82) is 5.26 Å². The molecular weight excluding hydrogens is 268 g/mol. The first-order chi connectivity index (χ1) is 9.97. The van der Waals surface area contributed by atoms with Gasteiger partial charge in [-0.05, 0) is 32.0 Å². The van der Waals surface area contributed by atoms with E-state index in [4.69, 9.17) is 5.26 Å². The maximum Gasteiger partial charge on any atom is 0.326 e. The van der Waals surface area contributed by atoms with E-state index in [0.29, 0.717) is 24.2 Å². The van der Waals surface area contributed by atoms with E-state index in [0.717, 1.165) is 5.52 Å². The van der Waals surface area contributed by atoms with Gasteiger partial charge >= 0.3 is 5.69 Å². The van der Waals surface area contributed by atoms with Crippen LogP contribution in [0.3, 0.4) is 0 Å². The number of nitrogens with zero attached hydrogens (tertiary/aromatic N) is 3. The predicted octanol–water partition coefficient (Wildman–Crippen LogP) is 1.49. The molecule has 6 nitrogen and oxygen atoms in total. The zero-order valence-corrected chi connectivity index (χ0v) is 12.4. The molecule has 1 aromatic heterocycles. The molecule has 6 heteroatoms. The molecule has 110 valence electrons. The highest BCUT2D eigenvalue weighted by Gasteiger charge is 2.17. The lowest BCUT2D eigenvalue weighted by Crippen LogP contribution is -2.34. The Morgan fingerprint density at radius 1 is 1.52 bits per heavy atom. The molecule has 0 radical (unpaired) electrons. The van der Waals surface area contributed by atoms with E-state index < -0.39 is 0 Å². The van der Waals surface area contributed by atoms with Crippen LogP contribution in [0.4, 0.5) is 0 Å². The second-order valence-corrected chi connectivity index (χ2v) is 5.10. The standard InChI is InChI=1S/C15H18N4O2/c1-4-19(9-10(2)8-16)14(20)11-5-6-13-12(7-11)17-15(21)18(13)3/h5-7,10H,4,9H2,1-3H3,(H,17,21). The second kappa shape index (κ2) is 5.83. The normalized spacial score (nSPS) is 12.1. The third-order valence-corrected chi connectivity index (χ3v) is 3.53. The maximum atomic E-state index is 12.5. The number of imidazole rings is 1. The molecule has 1 aromatic carbocycles. The molecule has 1 heterocycles. The monoisotopic (exact) mass is 286 g/mol. The van der Waals surface area contributed by atoms with Crippen LogP contribution in [0.1, 0.15) is 24.2 Å². The Morgan fingerprint density at radius 3 is 2.86 bits per heavy atom. The average Bonchev–Trinajstić information content (AvgIpc) is 2.78. The molecule has 1 unspecified atom stereocenters. The van der Waals surface area contributed by atoms with Crippen molar-refractivity contribution in [2.45, 2.75) is 13.8 Å². The molecule has 0 aliphatic heterocycles. The number of nitriles is 1. The SMILES string of the molecule is CCN(CC(C)C#N)C(=O)c1ccc2c(c1)[nH]c(=O)n2C. The maximum absolute atomic E-state index is 12.5. The van der Waals surface area contributed by atoms with Gasteiger partial charge in [0.2, 0.25) is 0 Å². The highest BCUT2D eigenvalue weighted by atomic mass is 16.2. The Balaban J connectivity index is 2.34. The molecule has 2 aromatic rings. The zero-order valence-electron chi connectivity index (χ0n) is 12.4. The number of amides is 1. The van der Waals surface area contributed by atoms with E-state index >= 15 is 0 Å². The third kappa shape index (κ3) is 2.82. The van der Waals surface area contributed by atoms with Crippen LogP contribution in [0.5, 0.6) is 0 Å². The number of aromatic amines is 1. The largest absolute Gasteiger partial charge is 0.338 e. The summed E-state index contributed by atoms with van der Waals surface area (Å²) in [6.07, 6.45) is 0. The Hall–Kier alpha value is -2.55. The molecule has 0 bridgehead atoms. The number of carbonyl (C=O) groups excluding carboxylic acids is 1. The summed E-state index contributed by atoms with van der Waals surface area (Å²) in [6.45, 7) is 4.60. The van der Waals surface area contributed by atoms with Crippen LogP contribution in [-0.4, -0.2) is 33.4 Å². The number of hydrogen-bond donors (Lipinski definition) is 1. The summed E-state index contributed by atoms with van der Waals surface area (Å²) < 4.78 is 1.50. The molecule has 0 saturated heterocycles. The Bertz CT molecular complexity index is 766. The van der Waals surface area contributed by atoms with Crippen LogP contribution in [0.25, 0.3) is 11.0 Å². The molecule has 1 N–H and O–H groups in total. The summed E-state index contributed by atoms with van der Waals surface area (Å²) in [6, 6.07) is 7.27. The number of aryl methyl sites for hydroxylation is 1. The number of rotatable bonds is 4. The molecule has 0 aliphatic carbocycles. The highest BCUT2D eigenvalue weighted by molar-refractivity contribution is 5.97. The first kappa shape index (κ1) is 14.9. The van der Waals surface area contributed by atoms with Crippen LogP contribution in [0.15, 0.2) is 23.0 Å². The van der Waals surface area contributed by atoms with Crippen molar-refractivity contribution in [2.75, 3.05) is 13.1 Å². The molecule has 0 saturated carbocycles. The van der Waals surface area contributed by atoms with E-state index in [-0.39, 0.29) is 17.5 Å². The number of H-pyrrole nitrogens is 1. The summed E-state index contributed by atoms with van der Waals surface area (Å²) in [5, 5.41) is 8.88. The van der Waals surface area contributed by atoms with Crippen molar-refractivity contribution in [2.24, 2.45) is 13.0 Å². The predicted molar refractivity (Wildman–Crippen MR) is 79.9 cm³/mol. The van der Waals surface area contributed by atoms with Gasteiger partial charge in [0.1, 0.15) is 0 Å². The Morgan fingerprint density at radius 2 is 2.24 bits per heavy atom. The fourth-order valence-electron chi connectivity index (χ4n) is 2.28. The number of aromatic nitrogens is 2. The van der Waals surface area contributed by atoms with E-state index in [9.17, 15) is 9.59 Å². The van der Waals surface area contributed by atoms with E-state index in [2.05, 4.69) is 11.1 Å². The summed E-state index contributed by atoms with van der Waals surface area (Å²) >= 11 is 0. The van der Waals surface area contributed by atoms with E-state index in [1.54, 1.807) is 37.1 Å². The lowest BCUT2D eigenvalue weighted by Gasteiger charge is -2.22. The Labute approximate surface area is 122 Å². The number of benzene rings is 1. The summed E-state index contributed by atoms with van der Waals surface area (Å²) in [4.78, 5) is 28.4. The fourth-order valence-corrected chi connectivity index (χ4v) is 2.28. The van der Waals surface area contributed by atoms with Gasteiger partial charge in [0.05, 0.1) is 23.0 Å². The number of fused-ring (bicyclic) bond motifs is 1. The topological polar surface area (TPSA) is 81.9 Å². The van der Waals surface area contributed by atoms with Crippen molar-refractivity contribution in [3.05, 3.63) is 34.2 Å². The van der Waals surface area contributed by atoms with Crippen LogP contribution < -0.4 is 5.69 Å². The summed E-state index contributed by atoms with van der Waals surface area (Å²) in [5.74, 6) is -0.347. The van der Waals surface area contributed by atoms with Gasteiger partial charge in [0.25, 0.3) is 5.91 Å². The van der Waals surface area contributed by atoms with E-state index in [1.165, 1.54) is 4.57 Å². The van der Waals surface area contributed by atoms with Gasteiger partial charge in [0, 0.05) is 25.7 Å². The van der Waals surface area contributed by atoms with Gasteiger partial charge < -0.3 is 9.88 Å². The molecular formula is C15H18N4O2. The zero-order chi connectivity index (χ0) is 15.6. The molecule has 0 spiro atoms. The molecule has 2 rings (SSSR count). The van der Waals surface area contributed by atoms with Crippen molar-refractivity contribution in [1.82, 2.24) is 14.5 Å².